The highest BCUT2D eigenvalue weighted by Gasteiger charge is 2.02. The van der Waals surface area contributed by atoms with Crippen LogP contribution in [0.15, 0.2) is 42.2 Å². The highest BCUT2D eigenvalue weighted by Crippen LogP contribution is 2.16. The van der Waals surface area contributed by atoms with E-state index in [4.69, 9.17) is 9.84 Å². The van der Waals surface area contributed by atoms with Crippen molar-refractivity contribution in [2.75, 3.05) is 6.61 Å². The summed E-state index contributed by atoms with van der Waals surface area (Å²) in [5, 5.41) is 9.10. The number of hydrogen-bond donors (Lipinski definition) is 1. The minimum Gasteiger partial charge on any atom is -0.508 e. The van der Waals surface area contributed by atoms with Gasteiger partial charge in [-0.3, -0.25) is 0 Å². The number of rotatable bonds is 3. The largest absolute Gasteiger partial charge is 0.508 e. The predicted octanol–water partition coefficient (Wildman–Crippen LogP) is 3.10. The average molecular weight is 202 g/mol. The van der Waals surface area contributed by atoms with Crippen LogP contribution in [0.3, 0.4) is 0 Å². The molecule has 0 fully saturated rings. The summed E-state index contributed by atoms with van der Waals surface area (Å²) in [6, 6.07) is 7.17. The summed E-state index contributed by atoms with van der Waals surface area (Å²) in [6.45, 7) is 0.822. The van der Waals surface area contributed by atoms with E-state index in [1.54, 1.807) is 12.1 Å². The molecule has 0 amide bonds. The molecule has 2 nitrogen and oxygen atoms in total. The fourth-order valence-corrected chi connectivity index (χ4v) is 1.51. The zero-order valence-corrected chi connectivity index (χ0v) is 8.52. The molecular formula is C13H14O2. The lowest BCUT2D eigenvalue weighted by Gasteiger charge is -1.94. The maximum Gasteiger partial charge on any atom is 0.115 e. The molecule has 0 spiro atoms. The molecule has 1 aromatic carbocycles. The van der Waals surface area contributed by atoms with Gasteiger partial charge in [-0.15, -0.1) is 0 Å². The normalized spacial score (nSPS) is 15.3. The van der Waals surface area contributed by atoms with Gasteiger partial charge < -0.3 is 9.84 Å². The van der Waals surface area contributed by atoms with E-state index in [0.717, 1.165) is 25.0 Å². The first-order valence-electron chi connectivity index (χ1n) is 5.10. The summed E-state index contributed by atoms with van der Waals surface area (Å²) in [5.41, 5.74) is 2.44. The van der Waals surface area contributed by atoms with Crippen LogP contribution in [-0.4, -0.2) is 11.7 Å². The Morgan fingerprint density at radius 3 is 2.73 bits per heavy atom. The molecule has 1 heterocycles. The van der Waals surface area contributed by atoms with Crippen molar-refractivity contribution >= 4 is 6.08 Å². The zero-order chi connectivity index (χ0) is 10.5. The van der Waals surface area contributed by atoms with Gasteiger partial charge in [-0.25, -0.2) is 0 Å². The van der Waals surface area contributed by atoms with E-state index in [1.807, 2.05) is 18.4 Å². The molecule has 0 unspecified atom stereocenters. The number of phenolic OH excluding ortho intramolecular Hbond substituents is 1. The summed E-state index contributed by atoms with van der Waals surface area (Å²) in [6.07, 6.45) is 8.01. The quantitative estimate of drug-likeness (QED) is 0.816. The first-order valence-corrected chi connectivity index (χ1v) is 5.10. The molecule has 1 aliphatic rings. The van der Waals surface area contributed by atoms with E-state index in [2.05, 4.69) is 12.2 Å². The Morgan fingerprint density at radius 2 is 2.07 bits per heavy atom. The van der Waals surface area contributed by atoms with Crippen LogP contribution >= 0.6 is 0 Å². The molecule has 0 saturated heterocycles. The van der Waals surface area contributed by atoms with Crippen molar-refractivity contribution in [1.29, 1.82) is 0 Å². The molecule has 1 aliphatic heterocycles. The summed E-state index contributed by atoms with van der Waals surface area (Å²) >= 11 is 0. The van der Waals surface area contributed by atoms with Crippen molar-refractivity contribution in [2.45, 2.75) is 12.8 Å². The standard InChI is InChI=1S/C13H14O2/c14-13-6-4-11(5-7-13)2-1-3-12-8-9-15-10-12/h1-2,4-7,10,14H,3,8-9H2/b2-1+. The fraction of sp³-hybridized carbons (Fsp3) is 0.231. The molecule has 0 saturated carbocycles. The first-order chi connectivity index (χ1) is 7.34. The molecule has 2 rings (SSSR count). The third-order valence-electron chi connectivity index (χ3n) is 2.37. The summed E-state index contributed by atoms with van der Waals surface area (Å²) in [4.78, 5) is 0. The Kier molecular flexibility index (Phi) is 3.08. The van der Waals surface area contributed by atoms with Crippen LogP contribution in [0.1, 0.15) is 18.4 Å². The maximum atomic E-state index is 9.10. The Labute approximate surface area is 89.5 Å². The average Bonchev–Trinajstić information content (AvgIpc) is 2.74. The van der Waals surface area contributed by atoms with Gasteiger partial charge in [0.1, 0.15) is 5.75 Å². The van der Waals surface area contributed by atoms with Gasteiger partial charge in [-0.1, -0.05) is 24.3 Å². The van der Waals surface area contributed by atoms with Gasteiger partial charge in [0, 0.05) is 6.42 Å². The third-order valence-corrected chi connectivity index (χ3v) is 2.37. The van der Waals surface area contributed by atoms with Crippen LogP contribution < -0.4 is 0 Å². The maximum absolute atomic E-state index is 9.10. The lowest BCUT2D eigenvalue weighted by molar-refractivity contribution is 0.281. The van der Waals surface area contributed by atoms with Crippen molar-refractivity contribution in [3.63, 3.8) is 0 Å². The molecule has 0 aromatic heterocycles. The second-order valence-electron chi connectivity index (χ2n) is 3.59. The molecule has 0 atom stereocenters. The summed E-state index contributed by atoms with van der Waals surface area (Å²) in [7, 11) is 0. The van der Waals surface area contributed by atoms with E-state index in [-0.39, 0.29) is 0 Å². The molecule has 0 radical (unpaired) electrons. The second kappa shape index (κ2) is 4.69. The Balaban J connectivity index is 1.90. The van der Waals surface area contributed by atoms with Gasteiger partial charge in [-0.05, 0) is 29.7 Å². The minimum absolute atomic E-state index is 0.305. The van der Waals surface area contributed by atoms with Crippen molar-refractivity contribution < 1.29 is 9.84 Å². The summed E-state index contributed by atoms with van der Waals surface area (Å²) < 4.78 is 5.15. The van der Waals surface area contributed by atoms with Crippen LogP contribution in [0.5, 0.6) is 5.75 Å². The van der Waals surface area contributed by atoms with Crippen molar-refractivity contribution in [3.8, 4) is 5.75 Å². The van der Waals surface area contributed by atoms with Crippen LogP contribution in [-0.2, 0) is 4.74 Å². The fourth-order valence-electron chi connectivity index (χ4n) is 1.51. The highest BCUT2D eigenvalue weighted by molar-refractivity contribution is 5.50. The predicted molar refractivity (Wildman–Crippen MR) is 60.4 cm³/mol. The first kappa shape index (κ1) is 9.84. The Bertz CT molecular complexity index is 374. The van der Waals surface area contributed by atoms with E-state index in [9.17, 15) is 0 Å². The smallest absolute Gasteiger partial charge is 0.115 e. The van der Waals surface area contributed by atoms with Gasteiger partial charge in [0.2, 0.25) is 0 Å². The monoisotopic (exact) mass is 202 g/mol. The molecule has 78 valence electrons. The zero-order valence-electron chi connectivity index (χ0n) is 8.52. The van der Waals surface area contributed by atoms with Crippen LogP contribution in [0.4, 0.5) is 0 Å². The number of allylic oxidation sites excluding steroid dienone is 1. The van der Waals surface area contributed by atoms with Crippen molar-refractivity contribution in [1.82, 2.24) is 0 Å². The molecule has 1 N–H and O–H groups in total. The lowest BCUT2D eigenvalue weighted by Crippen LogP contribution is -1.78. The molecule has 0 aliphatic carbocycles. The highest BCUT2D eigenvalue weighted by atomic mass is 16.5. The minimum atomic E-state index is 0.305. The molecule has 2 heteroatoms. The Hall–Kier alpha value is -1.70. The molecular weight excluding hydrogens is 188 g/mol. The number of phenols is 1. The van der Waals surface area contributed by atoms with Crippen molar-refractivity contribution in [3.05, 3.63) is 47.7 Å². The van der Waals surface area contributed by atoms with Crippen LogP contribution in [0.2, 0.25) is 0 Å². The van der Waals surface area contributed by atoms with Gasteiger partial charge in [0.25, 0.3) is 0 Å². The third kappa shape index (κ3) is 2.88. The molecule has 1 aromatic rings. The van der Waals surface area contributed by atoms with E-state index < -0.39 is 0 Å². The van der Waals surface area contributed by atoms with Gasteiger partial charge >= 0.3 is 0 Å². The number of hydrogen-bond acceptors (Lipinski definition) is 2. The van der Waals surface area contributed by atoms with E-state index in [1.165, 1.54) is 5.57 Å². The summed E-state index contributed by atoms with van der Waals surface area (Å²) in [5.74, 6) is 0.305. The Morgan fingerprint density at radius 1 is 1.27 bits per heavy atom. The second-order valence-corrected chi connectivity index (χ2v) is 3.59. The van der Waals surface area contributed by atoms with Crippen LogP contribution in [0.25, 0.3) is 6.08 Å². The number of benzene rings is 1. The van der Waals surface area contributed by atoms with Gasteiger partial charge in [0.05, 0.1) is 12.9 Å². The number of aromatic hydroxyl groups is 1. The number of ether oxygens (including phenoxy) is 1. The topological polar surface area (TPSA) is 29.5 Å². The SMILES string of the molecule is Oc1ccc(/C=C/CC2=COCC2)cc1. The van der Waals surface area contributed by atoms with Gasteiger partial charge in [0.15, 0.2) is 0 Å². The van der Waals surface area contributed by atoms with E-state index >= 15 is 0 Å². The van der Waals surface area contributed by atoms with Crippen LogP contribution in [0, 0.1) is 0 Å². The van der Waals surface area contributed by atoms with Crippen molar-refractivity contribution in [2.24, 2.45) is 0 Å². The van der Waals surface area contributed by atoms with E-state index in [0.29, 0.717) is 5.75 Å². The molecule has 0 bridgehead atoms. The lowest BCUT2D eigenvalue weighted by atomic mass is 10.1. The van der Waals surface area contributed by atoms with Gasteiger partial charge in [-0.2, -0.15) is 0 Å². The molecule has 15 heavy (non-hydrogen) atoms.